The minimum Gasteiger partial charge on any atom is -0.362 e. The van der Waals surface area contributed by atoms with E-state index in [4.69, 9.17) is 0 Å². The van der Waals surface area contributed by atoms with E-state index in [1.807, 2.05) is 6.07 Å². The second kappa shape index (κ2) is 5.10. The van der Waals surface area contributed by atoms with Crippen LogP contribution < -0.4 is 4.90 Å². The van der Waals surface area contributed by atoms with Gasteiger partial charge in [0.2, 0.25) is 0 Å². The topological polar surface area (TPSA) is 6.48 Å². The molecule has 2 nitrogen and oxygen atoms in total. The lowest BCUT2D eigenvalue weighted by atomic mass is 9.95. The van der Waals surface area contributed by atoms with Crippen LogP contribution in [0.3, 0.4) is 0 Å². The molecule has 2 aliphatic heterocycles. The van der Waals surface area contributed by atoms with Crippen molar-refractivity contribution in [3.63, 3.8) is 0 Å². The molecule has 0 spiro atoms. The third-order valence-corrected chi connectivity index (χ3v) is 4.97. The highest BCUT2D eigenvalue weighted by molar-refractivity contribution is 5.61. The van der Waals surface area contributed by atoms with Crippen LogP contribution in [0.25, 0.3) is 0 Å². The number of benzene rings is 2. The van der Waals surface area contributed by atoms with Crippen LogP contribution in [0.5, 0.6) is 0 Å². The first-order valence-corrected chi connectivity index (χ1v) is 7.95. The normalized spacial score (nSPS) is 20.9. The van der Waals surface area contributed by atoms with E-state index in [-0.39, 0.29) is 5.82 Å². The Hall–Kier alpha value is -1.87. The molecule has 114 valence electrons. The lowest BCUT2D eigenvalue weighted by molar-refractivity contribution is 0.269. The quantitative estimate of drug-likeness (QED) is 0.734. The zero-order valence-corrected chi connectivity index (χ0v) is 13.1. The Kier molecular flexibility index (Phi) is 3.19. The molecule has 0 saturated carbocycles. The molecular weight excluding hydrogens is 275 g/mol. The Balaban J connectivity index is 1.91. The monoisotopic (exact) mass is 296 g/mol. The van der Waals surface area contributed by atoms with E-state index in [1.54, 1.807) is 12.1 Å². The largest absolute Gasteiger partial charge is 0.362 e. The second-order valence-corrected chi connectivity index (χ2v) is 6.62. The van der Waals surface area contributed by atoms with Crippen LogP contribution in [-0.2, 0) is 6.42 Å². The predicted molar refractivity (Wildman–Crippen MR) is 88.0 cm³/mol. The summed E-state index contributed by atoms with van der Waals surface area (Å²) in [5, 5.41) is 0. The van der Waals surface area contributed by atoms with Crippen LogP contribution in [0.1, 0.15) is 28.3 Å². The van der Waals surface area contributed by atoms with Crippen LogP contribution in [-0.4, -0.2) is 31.6 Å². The molecular formula is C19H21FN2. The number of rotatable bonds is 0. The van der Waals surface area contributed by atoms with Crippen LogP contribution >= 0.6 is 0 Å². The van der Waals surface area contributed by atoms with Gasteiger partial charge in [0.25, 0.3) is 0 Å². The van der Waals surface area contributed by atoms with Gasteiger partial charge in [0.15, 0.2) is 0 Å². The zero-order chi connectivity index (χ0) is 15.3. The van der Waals surface area contributed by atoms with E-state index in [2.05, 4.69) is 42.0 Å². The van der Waals surface area contributed by atoms with Crippen LogP contribution in [0.15, 0.2) is 36.4 Å². The Morgan fingerprint density at radius 1 is 1.05 bits per heavy atom. The minimum atomic E-state index is -0.134. The maximum Gasteiger partial charge on any atom is 0.123 e. The van der Waals surface area contributed by atoms with Crippen molar-refractivity contribution < 1.29 is 4.39 Å². The molecule has 2 heterocycles. The summed E-state index contributed by atoms with van der Waals surface area (Å²) >= 11 is 0. The van der Waals surface area contributed by atoms with Gasteiger partial charge in [0, 0.05) is 25.3 Å². The van der Waals surface area contributed by atoms with Crippen molar-refractivity contribution in [3.8, 4) is 0 Å². The Labute approximate surface area is 131 Å². The summed E-state index contributed by atoms with van der Waals surface area (Å²) in [6.07, 6.45) is 0.820. The smallest absolute Gasteiger partial charge is 0.123 e. The van der Waals surface area contributed by atoms with E-state index >= 15 is 0 Å². The van der Waals surface area contributed by atoms with Crippen LogP contribution in [0.4, 0.5) is 10.1 Å². The molecule has 1 unspecified atom stereocenters. The average molecular weight is 296 g/mol. The number of aryl methyl sites for hydroxylation is 1. The van der Waals surface area contributed by atoms with Crippen molar-refractivity contribution in [2.45, 2.75) is 19.4 Å². The number of anilines is 1. The predicted octanol–water partition coefficient (Wildman–Crippen LogP) is 3.53. The molecule has 1 saturated heterocycles. The van der Waals surface area contributed by atoms with Gasteiger partial charge in [-0.3, -0.25) is 0 Å². The molecule has 1 atom stereocenters. The van der Waals surface area contributed by atoms with Gasteiger partial charge >= 0.3 is 0 Å². The first kappa shape index (κ1) is 13.8. The van der Waals surface area contributed by atoms with Gasteiger partial charge in [-0.1, -0.05) is 23.8 Å². The molecule has 0 amide bonds. The molecule has 0 aromatic heterocycles. The van der Waals surface area contributed by atoms with Gasteiger partial charge in [-0.2, -0.15) is 0 Å². The standard InChI is InChI=1S/C19H21FN2/c1-13-3-6-18-15(9-13)10-14-11-16(20)4-5-17(14)19-12-21(2)7-8-22(18)19/h3-6,9,11,19H,7-8,10,12H2,1-2H3. The van der Waals surface area contributed by atoms with Gasteiger partial charge in [0.1, 0.15) is 5.82 Å². The number of nitrogens with zero attached hydrogens (tertiary/aromatic N) is 2. The molecule has 0 bridgehead atoms. The Bertz CT molecular complexity index is 725. The Morgan fingerprint density at radius 2 is 1.91 bits per heavy atom. The first-order valence-electron chi connectivity index (χ1n) is 7.95. The maximum atomic E-state index is 13.8. The fourth-order valence-electron chi connectivity index (χ4n) is 3.87. The van der Waals surface area contributed by atoms with Crippen molar-refractivity contribution >= 4 is 5.69 Å². The average Bonchev–Trinajstić information content (AvgIpc) is 2.60. The fraction of sp³-hybridized carbons (Fsp3) is 0.368. The highest BCUT2D eigenvalue weighted by atomic mass is 19.1. The van der Waals surface area contributed by atoms with E-state index in [0.29, 0.717) is 6.04 Å². The van der Waals surface area contributed by atoms with E-state index < -0.39 is 0 Å². The minimum absolute atomic E-state index is 0.134. The van der Waals surface area contributed by atoms with Crippen LogP contribution in [0.2, 0.25) is 0 Å². The molecule has 2 aromatic rings. The second-order valence-electron chi connectivity index (χ2n) is 6.62. The third-order valence-electron chi connectivity index (χ3n) is 4.97. The summed E-state index contributed by atoms with van der Waals surface area (Å²) in [5.41, 5.74) is 6.32. The highest BCUT2D eigenvalue weighted by Crippen LogP contribution is 2.39. The Morgan fingerprint density at radius 3 is 2.77 bits per heavy atom. The van der Waals surface area contributed by atoms with Gasteiger partial charge in [-0.15, -0.1) is 0 Å². The first-order chi connectivity index (χ1) is 10.6. The summed E-state index contributed by atoms with van der Waals surface area (Å²) < 4.78 is 13.8. The van der Waals surface area contributed by atoms with E-state index in [0.717, 1.165) is 31.6 Å². The zero-order valence-electron chi connectivity index (χ0n) is 13.1. The molecule has 1 fully saturated rings. The maximum absolute atomic E-state index is 13.8. The summed E-state index contributed by atoms with van der Waals surface area (Å²) in [5.74, 6) is -0.134. The van der Waals surface area contributed by atoms with Crippen LogP contribution in [0, 0.1) is 12.7 Å². The molecule has 2 aromatic carbocycles. The molecule has 0 radical (unpaired) electrons. The van der Waals surface area contributed by atoms with Crippen molar-refractivity contribution in [2.24, 2.45) is 0 Å². The fourth-order valence-corrected chi connectivity index (χ4v) is 3.87. The number of piperazine rings is 1. The molecule has 2 aliphatic rings. The number of halogens is 1. The van der Waals surface area contributed by atoms with Crippen molar-refractivity contribution in [3.05, 3.63) is 64.5 Å². The molecule has 3 heteroatoms. The molecule has 0 N–H and O–H groups in total. The number of hydrogen-bond acceptors (Lipinski definition) is 2. The summed E-state index contributed by atoms with van der Waals surface area (Å²) in [4.78, 5) is 4.88. The summed E-state index contributed by atoms with van der Waals surface area (Å²) in [7, 11) is 2.17. The lowest BCUT2D eigenvalue weighted by Gasteiger charge is -2.41. The van der Waals surface area contributed by atoms with Gasteiger partial charge < -0.3 is 9.80 Å². The molecule has 0 aliphatic carbocycles. The van der Waals surface area contributed by atoms with Crippen molar-refractivity contribution in [2.75, 3.05) is 31.6 Å². The van der Waals surface area contributed by atoms with Gasteiger partial charge in [0.05, 0.1) is 6.04 Å². The number of hydrogen-bond donors (Lipinski definition) is 0. The number of likely N-dealkylation sites (N-methyl/N-ethyl adjacent to an activating group) is 1. The third kappa shape index (κ3) is 2.20. The summed E-state index contributed by atoms with van der Waals surface area (Å²) in [6, 6.07) is 12.3. The van der Waals surface area contributed by atoms with Crippen molar-refractivity contribution in [1.82, 2.24) is 4.90 Å². The number of fused-ring (bicyclic) bond motifs is 5. The van der Waals surface area contributed by atoms with Gasteiger partial charge in [-0.25, -0.2) is 4.39 Å². The summed E-state index contributed by atoms with van der Waals surface area (Å²) in [6.45, 7) is 5.21. The van der Waals surface area contributed by atoms with Crippen molar-refractivity contribution in [1.29, 1.82) is 0 Å². The molecule has 4 rings (SSSR count). The molecule has 22 heavy (non-hydrogen) atoms. The van der Waals surface area contributed by atoms with Gasteiger partial charge in [-0.05, 0) is 55.3 Å². The highest BCUT2D eigenvalue weighted by Gasteiger charge is 2.32. The van der Waals surface area contributed by atoms with E-state index in [9.17, 15) is 4.39 Å². The van der Waals surface area contributed by atoms with E-state index in [1.165, 1.54) is 22.4 Å². The SMILES string of the molecule is Cc1ccc2c(c1)Cc1cc(F)ccc1C1CN(C)CCN21. The lowest BCUT2D eigenvalue weighted by Crippen LogP contribution is -2.46.